The number of carbonyl (C=O) groups is 1. The molecule has 2 rings (SSSR count). The van der Waals surface area contributed by atoms with E-state index in [0.717, 1.165) is 17.4 Å². The van der Waals surface area contributed by atoms with E-state index in [2.05, 4.69) is 31.5 Å². The SMILES string of the molecule is CNCCCNC(=O)c1ccc(Oc2ccc(Br)cc2)nc1. The molecule has 22 heavy (non-hydrogen) atoms. The van der Waals surface area contributed by atoms with Gasteiger partial charge in [-0.2, -0.15) is 0 Å². The highest BCUT2D eigenvalue weighted by Crippen LogP contribution is 2.21. The molecule has 0 unspecified atom stereocenters. The minimum absolute atomic E-state index is 0.126. The lowest BCUT2D eigenvalue weighted by atomic mass is 10.2. The van der Waals surface area contributed by atoms with E-state index in [1.807, 2.05) is 31.3 Å². The molecule has 6 heteroatoms. The number of carbonyl (C=O) groups excluding carboxylic acids is 1. The third-order valence-electron chi connectivity index (χ3n) is 2.92. The van der Waals surface area contributed by atoms with Crippen molar-refractivity contribution >= 4 is 21.8 Å². The van der Waals surface area contributed by atoms with Gasteiger partial charge in [0.2, 0.25) is 5.88 Å². The molecule has 5 nitrogen and oxygen atoms in total. The summed E-state index contributed by atoms with van der Waals surface area (Å²) >= 11 is 3.37. The van der Waals surface area contributed by atoms with Gasteiger partial charge >= 0.3 is 0 Å². The van der Waals surface area contributed by atoms with Crippen molar-refractivity contribution < 1.29 is 9.53 Å². The Balaban J connectivity index is 1.89. The zero-order chi connectivity index (χ0) is 15.8. The first-order valence-electron chi connectivity index (χ1n) is 7.01. The first-order valence-corrected chi connectivity index (χ1v) is 7.80. The molecule has 0 saturated carbocycles. The molecule has 116 valence electrons. The van der Waals surface area contributed by atoms with E-state index in [0.29, 0.717) is 23.7 Å². The van der Waals surface area contributed by atoms with Crippen molar-refractivity contribution in [3.8, 4) is 11.6 Å². The average molecular weight is 364 g/mol. The standard InChI is InChI=1S/C16H18BrN3O2/c1-18-9-2-10-19-16(21)12-3-8-15(20-11-12)22-14-6-4-13(17)5-7-14/h3-8,11,18H,2,9-10H2,1H3,(H,19,21). The molecular weight excluding hydrogens is 346 g/mol. The predicted molar refractivity (Wildman–Crippen MR) is 89.3 cm³/mol. The van der Waals surface area contributed by atoms with Crippen molar-refractivity contribution in [3.63, 3.8) is 0 Å². The van der Waals surface area contributed by atoms with Crippen molar-refractivity contribution in [1.29, 1.82) is 0 Å². The van der Waals surface area contributed by atoms with Crippen LogP contribution in [0.3, 0.4) is 0 Å². The molecule has 1 aromatic heterocycles. The summed E-state index contributed by atoms with van der Waals surface area (Å²) in [5, 5.41) is 5.88. The van der Waals surface area contributed by atoms with Gasteiger partial charge in [-0.25, -0.2) is 4.98 Å². The number of hydrogen-bond acceptors (Lipinski definition) is 4. The van der Waals surface area contributed by atoms with Crippen molar-refractivity contribution in [1.82, 2.24) is 15.6 Å². The number of halogens is 1. The zero-order valence-electron chi connectivity index (χ0n) is 12.3. The van der Waals surface area contributed by atoms with Gasteiger partial charge in [0, 0.05) is 23.3 Å². The Hall–Kier alpha value is -1.92. The highest BCUT2D eigenvalue weighted by molar-refractivity contribution is 9.10. The van der Waals surface area contributed by atoms with Crippen LogP contribution in [0.2, 0.25) is 0 Å². The molecular formula is C16H18BrN3O2. The second kappa shape index (κ2) is 8.51. The van der Waals surface area contributed by atoms with Crippen molar-refractivity contribution in [2.45, 2.75) is 6.42 Å². The summed E-state index contributed by atoms with van der Waals surface area (Å²) in [6, 6.07) is 10.9. The van der Waals surface area contributed by atoms with Gasteiger partial charge in [-0.15, -0.1) is 0 Å². The smallest absolute Gasteiger partial charge is 0.252 e. The molecule has 0 fully saturated rings. The van der Waals surface area contributed by atoms with Gasteiger partial charge in [-0.05, 0) is 50.3 Å². The van der Waals surface area contributed by atoms with Gasteiger partial charge in [-0.1, -0.05) is 15.9 Å². The summed E-state index contributed by atoms with van der Waals surface area (Å²) in [7, 11) is 1.88. The quantitative estimate of drug-likeness (QED) is 0.742. The normalized spacial score (nSPS) is 10.3. The maximum Gasteiger partial charge on any atom is 0.252 e. The monoisotopic (exact) mass is 363 g/mol. The number of aromatic nitrogens is 1. The van der Waals surface area contributed by atoms with Crippen molar-refractivity contribution in [2.24, 2.45) is 0 Å². The summed E-state index contributed by atoms with van der Waals surface area (Å²) in [6.07, 6.45) is 2.40. The Morgan fingerprint density at radius 1 is 1.18 bits per heavy atom. The van der Waals surface area contributed by atoms with Crippen LogP contribution in [0.15, 0.2) is 47.1 Å². The number of amides is 1. The Morgan fingerprint density at radius 2 is 1.95 bits per heavy atom. The molecule has 1 aromatic carbocycles. The fraction of sp³-hybridized carbons (Fsp3) is 0.250. The van der Waals surface area contributed by atoms with Gasteiger partial charge in [0.25, 0.3) is 5.91 Å². The van der Waals surface area contributed by atoms with Crippen molar-refractivity contribution in [3.05, 3.63) is 52.6 Å². The van der Waals surface area contributed by atoms with E-state index in [9.17, 15) is 4.79 Å². The maximum atomic E-state index is 11.9. The van der Waals surface area contributed by atoms with E-state index in [1.165, 1.54) is 6.20 Å². The third-order valence-corrected chi connectivity index (χ3v) is 3.45. The maximum absolute atomic E-state index is 11.9. The van der Waals surface area contributed by atoms with Gasteiger partial charge in [-0.3, -0.25) is 4.79 Å². The molecule has 0 aliphatic carbocycles. The van der Waals surface area contributed by atoms with E-state index in [-0.39, 0.29) is 5.91 Å². The van der Waals surface area contributed by atoms with E-state index < -0.39 is 0 Å². The second-order valence-corrected chi connectivity index (χ2v) is 5.57. The molecule has 0 aliphatic rings. The summed E-state index contributed by atoms with van der Waals surface area (Å²) in [6.45, 7) is 1.51. The molecule has 2 aromatic rings. The van der Waals surface area contributed by atoms with Crippen molar-refractivity contribution in [2.75, 3.05) is 20.1 Å². The van der Waals surface area contributed by atoms with Crippen LogP contribution >= 0.6 is 15.9 Å². The Labute approximate surface area is 138 Å². The molecule has 0 radical (unpaired) electrons. The summed E-state index contributed by atoms with van der Waals surface area (Å²) in [5.74, 6) is 1.02. The molecule has 1 amide bonds. The highest BCUT2D eigenvalue weighted by atomic mass is 79.9. The van der Waals surface area contributed by atoms with Crippen LogP contribution in [0.4, 0.5) is 0 Å². The summed E-state index contributed by atoms with van der Waals surface area (Å²) in [4.78, 5) is 16.1. The lowest BCUT2D eigenvalue weighted by Gasteiger charge is -2.07. The van der Waals surface area contributed by atoms with Gasteiger partial charge in [0.05, 0.1) is 5.56 Å². The summed E-state index contributed by atoms with van der Waals surface area (Å²) in [5.41, 5.74) is 0.521. The Bertz CT molecular complexity index is 600. The number of benzene rings is 1. The number of ether oxygens (including phenoxy) is 1. The average Bonchev–Trinajstić information content (AvgIpc) is 2.54. The molecule has 0 saturated heterocycles. The lowest BCUT2D eigenvalue weighted by Crippen LogP contribution is -2.26. The number of rotatable bonds is 7. The molecule has 0 aliphatic heterocycles. The van der Waals surface area contributed by atoms with Gasteiger partial charge in [0.15, 0.2) is 0 Å². The van der Waals surface area contributed by atoms with Crippen LogP contribution in [-0.4, -0.2) is 31.0 Å². The van der Waals surface area contributed by atoms with Gasteiger partial charge in [0.1, 0.15) is 5.75 Å². The van der Waals surface area contributed by atoms with Crippen LogP contribution in [0.1, 0.15) is 16.8 Å². The van der Waals surface area contributed by atoms with Crippen LogP contribution in [-0.2, 0) is 0 Å². The van der Waals surface area contributed by atoms with Crippen LogP contribution in [0, 0.1) is 0 Å². The van der Waals surface area contributed by atoms with Crippen LogP contribution in [0.25, 0.3) is 0 Å². The van der Waals surface area contributed by atoms with Crippen LogP contribution in [0.5, 0.6) is 11.6 Å². The van der Waals surface area contributed by atoms with E-state index in [4.69, 9.17) is 4.74 Å². The lowest BCUT2D eigenvalue weighted by molar-refractivity contribution is 0.0953. The van der Waals surface area contributed by atoms with E-state index >= 15 is 0 Å². The number of nitrogens with one attached hydrogen (secondary N) is 2. The molecule has 0 bridgehead atoms. The molecule has 1 heterocycles. The molecule has 2 N–H and O–H groups in total. The number of nitrogens with zero attached hydrogens (tertiary/aromatic N) is 1. The number of hydrogen-bond donors (Lipinski definition) is 2. The first kappa shape index (κ1) is 16.5. The fourth-order valence-corrected chi connectivity index (χ4v) is 2.03. The van der Waals surface area contributed by atoms with E-state index in [1.54, 1.807) is 12.1 Å². The minimum atomic E-state index is -0.126. The topological polar surface area (TPSA) is 63.2 Å². The first-order chi connectivity index (χ1) is 10.7. The summed E-state index contributed by atoms with van der Waals surface area (Å²) < 4.78 is 6.59. The fourth-order valence-electron chi connectivity index (χ4n) is 1.77. The molecule has 0 atom stereocenters. The second-order valence-electron chi connectivity index (χ2n) is 4.65. The highest BCUT2D eigenvalue weighted by Gasteiger charge is 2.06. The number of pyridine rings is 1. The third kappa shape index (κ3) is 5.13. The predicted octanol–water partition coefficient (Wildman–Crippen LogP) is 2.98. The zero-order valence-corrected chi connectivity index (χ0v) is 13.9. The molecule has 0 spiro atoms. The Morgan fingerprint density at radius 3 is 2.59 bits per heavy atom. The van der Waals surface area contributed by atoms with Gasteiger partial charge < -0.3 is 15.4 Å². The Kier molecular flexibility index (Phi) is 6.36. The minimum Gasteiger partial charge on any atom is -0.439 e. The largest absolute Gasteiger partial charge is 0.439 e. The van der Waals surface area contributed by atoms with Crippen LogP contribution < -0.4 is 15.4 Å².